The van der Waals surface area contributed by atoms with Crippen LogP contribution in [0.5, 0.6) is 0 Å². The normalized spacial score (nSPS) is 25.4. The molecule has 3 aliphatic rings. The molecular formula is C19H32N2O2. The molecule has 0 unspecified atom stereocenters. The maximum atomic E-state index is 11.9. The summed E-state index contributed by atoms with van der Waals surface area (Å²) in [6.07, 6.45) is 13.7. The van der Waals surface area contributed by atoms with Gasteiger partial charge in [-0.2, -0.15) is 0 Å². The molecule has 1 N–H and O–H groups in total. The van der Waals surface area contributed by atoms with E-state index in [1.807, 2.05) is 0 Å². The zero-order valence-corrected chi connectivity index (χ0v) is 14.7. The number of esters is 1. The Labute approximate surface area is 140 Å². The van der Waals surface area contributed by atoms with Crippen LogP contribution in [0.3, 0.4) is 0 Å². The molecule has 3 rings (SSSR count). The van der Waals surface area contributed by atoms with E-state index >= 15 is 0 Å². The highest BCUT2D eigenvalue weighted by molar-refractivity contribution is 5.89. The van der Waals surface area contributed by atoms with Crippen molar-refractivity contribution in [1.29, 1.82) is 0 Å². The van der Waals surface area contributed by atoms with Crippen LogP contribution in [0.2, 0.25) is 0 Å². The average molecular weight is 320 g/mol. The third-order valence-corrected chi connectivity index (χ3v) is 6.09. The first kappa shape index (κ1) is 16.8. The van der Waals surface area contributed by atoms with Gasteiger partial charge in [0.25, 0.3) is 0 Å². The molecule has 2 aliphatic carbocycles. The van der Waals surface area contributed by atoms with Crippen LogP contribution in [-0.2, 0) is 9.53 Å². The van der Waals surface area contributed by atoms with Crippen molar-refractivity contribution in [3.05, 3.63) is 11.3 Å². The Bertz CT molecular complexity index is 446. The number of ether oxygens (including phenoxy) is 1. The average Bonchev–Trinajstić information content (AvgIpc) is 3.09. The summed E-state index contributed by atoms with van der Waals surface area (Å²) in [6.45, 7) is 3.51. The number of carbonyl (C=O) groups is 1. The van der Waals surface area contributed by atoms with Gasteiger partial charge in [-0.1, -0.05) is 25.7 Å². The molecule has 0 aromatic rings. The monoisotopic (exact) mass is 320 g/mol. The number of rotatable bonds is 5. The van der Waals surface area contributed by atoms with Gasteiger partial charge < -0.3 is 10.1 Å². The van der Waals surface area contributed by atoms with Crippen molar-refractivity contribution < 1.29 is 9.53 Å². The van der Waals surface area contributed by atoms with E-state index in [9.17, 15) is 4.79 Å². The molecule has 1 aliphatic heterocycles. The van der Waals surface area contributed by atoms with Crippen molar-refractivity contribution in [3.8, 4) is 0 Å². The molecule has 4 heteroatoms. The topological polar surface area (TPSA) is 41.6 Å². The van der Waals surface area contributed by atoms with Gasteiger partial charge in [0.2, 0.25) is 0 Å². The smallest absolute Gasteiger partial charge is 0.335 e. The van der Waals surface area contributed by atoms with E-state index in [2.05, 4.69) is 10.2 Å². The minimum Gasteiger partial charge on any atom is -0.466 e. The molecule has 0 bridgehead atoms. The zero-order chi connectivity index (χ0) is 16.1. The molecule has 130 valence electrons. The minimum absolute atomic E-state index is 0.138. The third kappa shape index (κ3) is 3.73. The second kappa shape index (κ2) is 7.69. The number of piperidine rings is 1. The first-order chi connectivity index (χ1) is 11.2. The van der Waals surface area contributed by atoms with Crippen LogP contribution in [-0.4, -0.2) is 43.2 Å². The lowest BCUT2D eigenvalue weighted by Crippen LogP contribution is -2.57. The van der Waals surface area contributed by atoms with Crippen LogP contribution in [0.4, 0.5) is 0 Å². The lowest BCUT2D eigenvalue weighted by atomic mass is 9.79. The molecule has 0 spiro atoms. The Balaban J connectivity index is 1.70. The molecule has 1 saturated carbocycles. The quantitative estimate of drug-likeness (QED) is 0.789. The molecule has 0 aromatic carbocycles. The molecule has 0 amide bonds. The van der Waals surface area contributed by atoms with Gasteiger partial charge in [-0.15, -0.1) is 0 Å². The highest BCUT2D eigenvalue weighted by atomic mass is 16.5. The van der Waals surface area contributed by atoms with Gasteiger partial charge in [0, 0.05) is 17.8 Å². The molecule has 23 heavy (non-hydrogen) atoms. The van der Waals surface area contributed by atoms with Crippen LogP contribution in [0.25, 0.3) is 0 Å². The fraction of sp³-hybridized carbons (Fsp3) is 0.842. The van der Waals surface area contributed by atoms with Crippen LogP contribution >= 0.6 is 0 Å². The van der Waals surface area contributed by atoms with E-state index in [1.165, 1.54) is 71.6 Å². The van der Waals surface area contributed by atoms with Crippen LogP contribution in [0, 0.1) is 0 Å². The molecule has 1 heterocycles. The summed E-state index contributed by atoms with van der Waals surface area (Å²) in [5.41, 5.74) is 2.35. The molecule has 0 atom stereocenters. The predicted molar refractivity (Wildman–Crippen MR) is 92.1 cm³/mol. The summed E-state index contributed by atoms with van der Waals surface area (Å²) < 4.78 is 4.95. The van der Waals surface area contributed by atoms with E-state index in [4.69, 9.17) is 4.74 Å². The van der Waals surface area contributed by atoms with Crippen molar-refractivity contribution in [3.63, 3.8) is 0 Å². The Morgan fingerprint density at radius 1 is 1.04 bits per heavy atom. The number of carbonyl (C=O) groups excluding carboxylic acids is 1. The van der Waals surface area contributed by atoms with Gasteiger partial charge in [-0.3, -0.25) is 4.90 Å². The second-order valence-corrected chi connectivity index (χ2v) is 7.49. The minimum atomic E-state index is -0.138. The van der Waals surface area contributed by atoms with E-state index in [-0.39, 0.29) is 5.97 Å². The molecule has 0 radical (unpaired) electrons. The van der Waals surface area contributed by atoms with Crippen molar-refractivity contribution in [2.45, 2.75) is 76.2 Å². The Kier molecular flexibility index (Phi) is 5.62. The van der Waals surface area contributed by atoms with Gasteiger partial charge in [0.15, 0.2) is 0 Å². The van der Waals surface area contributed by atoms with Gasteiger partial charge in [-0.05, 0) is 58.0 Å². The van der Waals surface area contributed by atoms with E-state index in [1.54, 1.807) is 0 Å². The van der Waals surface area contributed by atoms with Gasteiger partial charge in [0.1, 0.15) is 0 Å². The zero-order valence-electron chi connectivity index (χ0n) is 14.7. The molecule has 1 saturated heterocycles. The number of nitrogens with zero attached hydrogens (tertiary/aromatic N) is 1. The Morgan fingerprint density at radius 2 is 1.74 bits per heavy atom. The van der Waals surface area contributed by atoms with Crippen LogP contribution in [0.1, 0.15) is 70.6 Å². The van der Waals surface area contributed by atoms with E-state index < -0.39 is 0 Å². The number of nitrogens with one attached hydrogen (secondary N) is 1. The molecular weight excluding hydrogens is 288 g/mol. The number of allylic oxidation sites excluding steroid dienone is 1. The van der Waals surface area contributed by atoms with Crippen molar-refractivity contribution in [1.82, 2.24) is 10.2 Å². The van der Waals surface area contributed by atoms with Crippen molar-refractivity contribution >= 4 is 5.97 Å². The summed E-state index contributed by atoms with van der Waals surface area (Å²) in [5.74, 6) is -0.138. The Hall–Kier alpha value is -1.03. The highest BCUT2D eigenvalue weighted by Gasteiger charge is 2.38. The highest BCUT2D eigenvalue weighted by Crippen LogP contribution is 2.36. The lowest BCUT2D eigenvalue weighted by molar-refractivity contribution is -0.136. The molecule has 2 fully saturated rings. The number of hydrogen-bond donors (Lipinski definition) is 1. The third-order valence-electron chi connectivity index (χ3n) is 6.09. The number of hydrogen-bond acceptors (Lipinski definition) is 4. The fourth-order valence-corrected chi connectivity index (χ4v) is 4.74. The number of methoxy groups -OCH3 is 1. The van der Waals surface area contributed by atoms with Crippen molar-refractivity contribution in [2.75, 3.05) is 26.7 Å². The standard InChI is InChI=1S/C19H32N2O2/c1-23-18(22)16-9-8-10-17(16)20-15-19(11-4-2-5-12-19)21-13-6-3-7-14-21/h20H,2-15H2,1H3. The largest absolute Gasteiger partial charge is 0.466 e. The first-order valence-corrected chi connectivity index (χ1v) is 9.54. The van der Waals surface area contributed by atoms with Crippen LogP contribution in [0.15, 0.2) is 11.3 Å². The molecule has 0 aromatic heterocycles. The van der Waals surface area contributed by atoms with E-state index in [0.29, 0.717) is 5.54 Å². The summed E-state index contributed by atoms with van der Waals surface area (Å²) in [4.78, 5) is 14.7. The van der Waals surface area contributed by atoms with Gasteiger partial charge >= 0.3 is 5.97 Å². The maximum Gasteiger partial charge on any atom is 0.335 e. The molecule has 4 nitrogen and oxygen atoms in total. The predicted octanol–water partition coefficient (Wildman–Crippen LogP) is 3.38. The van der Waals surface area contributed by atoms with Gasteiger partial charge in [-0.25, -0.2) is 4.79 Å². The summed E-state index contributed by atoms with van der Waals surface area (Å²) in [7, 11) is 1.49. The van der Waals surface area contributed by atoms with Crippen LogP contribution < -0.4 is 5.32 Å². The Morgan fingerprint density at radius 3 is 2.43 bits per heavy atom. The summed E-state index contributed by atoms with van der Waals surface area (Å²) >= 11 is 0. The fourth-order valence-electron chi connectivity index (χ4n) is 4.74. The van der Waals surface area contributed by atoms with E-state index in [0.717, 1.165) is 37.1 Å². The second-order valence-electron chi connectivity index (χ2n) is 7.49. The summed E-state index contributed by atoms with van der Waals surface area (Å²) in [6, 6.07) is 0. The maximum absolute atomic E-state index is 11.9. The first-order valence-electron chi connectivity index (χ1n) is 9.54. The number of likely N-dealkylation sites (tertiary alicyclic amines) is 1. The summed E-state index contributed by atoms with van der Waals surface area (Å²) in [5, 5.41) is 3.69. The SMILES string of the molecule is COC(=O)C1=C(NCC2(N3CCCCC3)CCCCC2)CCC1. The lowest BCUT2D eigenvalue weighted by Gasteiger charge is -2.48. The van der Waals surface area contributed by atoms with Gasteiger partial charge in [0.05, 0.1) is 12.7 Å². The van der Waals surface area contributed by atoms with Crippen molar-refractivity contribution in [2.24, 2.45) is 0 Å².